The Morgan fingerprint density at radius 2 is 2.33 bits per heavy atom. The maximum atomic E-state index is 13.1. The number of hydrogen-bond acceptors (Lipinski definition) is 2. The summed E-state index contributed by atoms with van der Waals surface area (Å²) in [6.45, 7) is 5.31. The van der Waals surface area contributed by atoms with Crippen LogP contribution in [0.2, 0.25) is 0 Å². The molecule has 0 aromatic heterocycles. The van der Waals surface area contributed by atoms with E-state index in [9.17, 15) is 4.39 Å². The molecule has 0 amide bonds. The molecule has 1 fully saturated rings. The Morgan fingerprint density at radius 3 is 3.06 bits per heavy atom. The van der Waals surface area contributed by atoms with Crippen LogP contribution < -0.4 is 10.2 Å². The van der Waals surface area contributed by atoms with E-state index in [2.05, 4.69) is 33.1 Å². The van der Waals surface area contributed by atoms with Gasteiger partial charge in [-0.3, -0.25) is 0 Å². The van der Waals surface area contributed by atoms with Crippen molar-refractivity contribution in [3.63, 3.8) is 0 Å². The maximum absolute atomic E-state index is 13.1. The van der Waals surface area contributed by atoms with Crippen LogP contribution in [0.5, 0.6) is 0 Å². The average molecular weight is 315 g/mol. The minimum Gasteiger partial charge on any atom is -0.369 e. The third kappa shape index (κ3) is 3.45. The summed E-state index contributed by atoms with van der Waals surface area (Å²) in [7, 11) is 0. The van der Waals surface area contributed by atoms with Crippen LogP contribution in [0.15, 0.2) is 22.7 Å². The van der Waals surface area contributed by atoms with Crippen LogP contribution in [-0.4, -0.2) is 25.7 Å². The van der Waals surface area contributed by atoms with Crippen LogP contribution in [0, 0.1) is 5.82 Å². The van der Waals surface area contributed by atoms with Crippen LogP contribution in [-0.2, 0) is 0 Å². The van der Waals surface area contributed by atoms with Crippen molar-refractivity contribution in [1.29, 1.82) is 0 Å². The van der Waals surface area contributed by atoms with Gasteiger partial charge in [-0.05, 0) is 59.9 Å². The molecule has 1 heterocycles. The zero-order valence-electron chi connectivity index (χ0n) is 10.8. The number of halogens is 2. The van der Waals surface area contributed by atoms with E-state index in [1.807, 2.05) is 6.07 Å². The van der Waals surface area contributed by atoms with Gasteiger partial charge in [-0.1, -0.05) is 6.92 Å². The SMILES string of the molecule is CCCNC1CCCN(c2ccc(F)cc2Br)C1. The fraction of sp³-hybridized carbons (Fsp3) is 0.571. The number of rotatable bonds is 4. The Labute approximate surface area is 117 Å². The smallest absolute Gasteiger partial charge is 0.124 e. The van der Waals surface area contributed by atoms with Crippen molar-refractivity contribution in [1.82, 2.24) is 5.32 Å². The Morgan fingerprint density at radius 1 is 1.50 bits per heavy atom. The molecule has 0 saturated carbocycles. The molecule has 0 aliphatic carbocycles. The van der Waals surface area contributed by atoms with Gasteiger partial charge in [0.2, 0.25) is 0 Å². The number of nitrogens with zero attached hydrogens (tertiary/aromatic N) is 1. The van der Waals surface area contributed by atoms with Crippen molar-refractivity contribution in [3.8, 4) is 0 Å². The molecule has 1 atom stereocenters. The minimum atomic E-state index is -0.191. The Bertz CT molecular complexity index is 397. The van der Waals surface area contributed by atoms with Gasteiger partial charge in [-0.25, -0.2) is 4.39 Å². The molecule has 18 heavy (non-hydrogen) atoms. The van der Waals surface area contributed by atoms with E-state index in [4.69, 9.17) is 0 Å². The van der Waals surface area contributed by atoms with Crippen molar-refractivity contribution < 1.29 is 4.39 Å². The van der Waals surface area contributed by atoms with Crippen molar-refractivity contribution in [2.24, 2.45) is 0 Å². The molecule has 1 N–H and O–H groups in total. The lowest BCUT2D eigenvalue weighted by atomic mass is 10.0. The molecule has 1 aliphatic rings. The van der Waals surface area contributed by atoms with Crippen LogP contribution >= 0.6 is 15.9 Å². The fourth-order valence-electron chi connectivity index (χ4n) is 2.45. The summed E-state index contributed by atoms with van der Waals surface area (Å²) in [4.78, 5) is 2.33. The predicted molar refractivity (Wildman–Crippen MR) is 77.6 cm³/mol. The highest BCUT2D eigenvalue weighted by molar-refractivity contribution is 9.10. The summed E-state index contributed by atoms with van der Waals surface area (Å²) in [6, 6.07) is 5.49. The van der Waals surface area contributed by atoms with E-state index in [1.165, 1.54) is 18.9 Å². The van der Waals surface area contributed by atoms with Gasteiger partial charge in [-0.2, -0.15) is 0 Å². The third-order valence-corrected chi connectivity index (χ3v) is 3.99. The molecule has 1 saturated heterocycles. The fourth-order valence-corrected chi connectivity index (χ4v) is 3.05. The second kappa shape index (κ2) is 6.53. The van der Waals surface area contributed by atoms with Crippen LogP contribution in [0.4, 0.5) is 10.1 Å². The molecule has 1 unspecified atom stereocenters. The molecular weight excluding hydrogens is 295 g/mol. The second-order valence-corrected chi connectivity index (χ2v) is 5.69. The molecule has 1 aromatic rings. The lowest BCUT2D eigenvalue weighted by Crippen LogP contribution is -2.46. The number of anilines is 1. The van der Waals surface area contributed by atoms with Gasteiger partial charge < -0.3 is 10.2 Å². The van der Waals surface area contributed by atoms with Crippen molar-refractivity contribution in [3.05, 3.63) is 28.5 Å². The Balaban J connectivity index is 2.03. The number of nitrogens with one attached hydrogen (secondary N) is 1. The normalized spacial score (nSPS) is 20.2. The second-order valence-electron chi connectivity index (χ2n) is 4.84. The minimum absolute atomic E-state index is 0.191. The van der Waals surface area contributed by atoms with Crippen molar-refractivity contribution >= 4 is 21.6 Å². The van der Waals surface area contributed by atoms with E-state index in [-0.39, 0.29) is 5.82 Å². The first-order valence-corrected chi connectivity index (χ1v) is 7.43. The van der Waals surface area contributed by atoms with Gasteiger partial charge in [0.15, 0.2) is 0 Å². The summed E-state index contributed by atoms with van der Waals surface area (Å²) in [5, 5.41) is 3.57. The van der Waals surface area contributed by atoms with Crippen molar-refractivity contribution in [2.75, 3.05) is 24.5 Å². The molecule has 0 spiro atoms. The number of benzene rings is 1. The highest BCUT2D eigenvalue weighted by atomic mass is 79.9. The first kappa shape index (κ1) is 13.8. The summed E-state index contributed by atoms with van der Waals surface area (Å²) in [5.41, 5.74) is 1.10. The molecule has 2 rings (SSSR count). The summed E-state index contributed by atoms with van der Waals surface area (Å²) in [5.74, 6) is -0.191. The quantitative estimate of drug-likeness (QED) is 0.914. The van der Waals surface area contributed by atoms with Gasteiger partial charge >= 0.3 is 0 Å². The predicted octanol–water partition coefficient (Wildman–Crippen LogP) is 3.56. The molecular formula is C14H20BrFN2. The first-order valence-electron chi connectivity index (χ1n) is 6.64. The number of hydrogen-bond donors (Lipinski definition) is 1. The van der Waals surface area contributed by atoms with E-state index in [0.29, 0.717) is 6.04 Å². The lowest BCUT2D eigenvalue weighted by Gasteiger charge is -2.35. The van der Waals surface area contributed by atoms with Gasteiger partial charge in [0, 0.05) is 23.6 Å². The van der Waals surface area contributed by atoms with Gasteiger partial charge in [-0.15, -0.1) is 0 Å². The largest absolute Gasteiger partial charge is 0.369 e. The van der Waals surface area contributed by atoms with Crippen LogP contribution in [0.3, 0.4) is 0 Å². The summed E-state index contributed by atoms with van der Waals surface area (Å²) < 4.78 is 13.9. The molecule has 1 aromatic carbocycles. The van der Waals surface area contributed by atoms with E-state index < -0.39 is 0 Å². The first-order chi connectivity index (χ1) is 8.70. The molecule has 100 valence electrons. The Kier molecular flexibility index (Phi) is 5.01. The molecule has 1 aliphatic heterocycles. The van der Waals surface area contributed by atoms with Gasteiger partial charge in [0.05, 0.1) is 5.69 Å². The molecule has 0 radical (unpaired) electrons. The molecule has 0 bridgehead atoms. The van der Waals surface area contributed by atoms with Crippen molar-refractivity contribution in [2.45, 2.75) is 32.2 Å². The van der Waals surface area contributed by atoms with E-state index >= 15 is 0 Å². The Hall–Kier alpha value is -0.610. The zero-order chi connectivity index (χ0) is 13.0. The summed E-state index contributed by atoms with van der Waals surface area (Å²) in [6.07, 6.45) is 3.58. The topological polar surface area (TPSA) is 15.3 Å². The highest BCUT2D eigenvalue weighted by Crippen LogP contribution is 2.29. The summed E-state index contributed by atoms with van der Waals surface area (Å²) >= 11 is 3.45. The monoisotopic (exact) mass is 314 g/mol. The molecule has 4 heteroatoms. The third-order valence-electron chi connectivity index (χ3n) is 3.35. The maximum Gasteiger partial charge on any atom is 0.124 e. The number of piperidine rings is 1. The van der Waals surface area contributed by atoms with Crippen LogP contribution in [0.1, 0.15) is 26.2 Å². The van der Waals surface area contributed by atoms with E-state index in [0.717, 1.165) is 36.2 Å². The lowest BCUT2D eigenvalue weighted by molar-refractivity contribution is 0.423. The zero-order valence-corrected chi connectivity index (χ0v) is 12.3. The average Bonchev–Trinajstić information content (AvgIpc) is 2.36. The van der Waals surface area contributed by atoms with Gasteiger partial charge in [0.25, 0.3) is 0 Å². The van der Waals surface area contributed by atoms with Crippen LogP contribution in [0.25, 0.3) is 0 Å². The highest BCUT2D eigenvalue weighted by Gasteiger charge is 2.20. The van der Waals surface area contributed by atoms with Gasteiger partial charge in [0.1, 0.15) is 5.82 Å². The van der Waals surface area contributed by atoms with E-state index in [1.54, 1.807) is 6.07 Å². The molecule has 2 nitrogen and oxygen atoms in total. The standard InChI is InChI=1S/C14H20BrFN2/c1-2-7-17-12-4-3-8-18(10-12)14-6-5-11(16)9-13(14)15/h5-6,9,12,17H,2-4,7-8,10H2,1H3.